The predicted molar refractivity (Wildman–Crippen MR) is 72.2 cm³/mol. The summed E-state index contributed by atoms with van der Waals surface area (Å²) in [5, 5.41) is 9.39. The van der Waals surface area contributed by atoms with E-state index in [1.165, 1.54) is 4.31 Å². The van der Waals surface area contributed by atoms with Crippen molar-refractivity contribution in [3.63, 3.8) is 0 Å². The summed E-state index contributed by atoms with van der Waals surface area (Å²) in [5.74, 6) is -0.751. The number of aliphatic carboxylic acids is 1. The molecule has 0 bridgehead atoms. The second-order valence-corrected chi connectivity index (χ2v) is 8.95. The van der Waals surface area contributed by atoms with E-state index in [0.717, 1.165) is 19.3 Å². The average molecular weight is 289 g/mol. The Morgan fingerprint density at radius 1 is 1.32 bits per heavy atom. The number of carboxylic acids is 1. The molecule has 19 heavy (non-hydrogen) atoms. The molecule has 2 aliphatic rings. The largest absolute Gasteiger partial charge is 0.480 e. The summed E-state index contributed by atoms with van der Waals surface area (Å²) >= 11 is 0. The molecule has 0 radical (unpaired) electrons. The van der Waals surface area contributed by atoms with Gasteiger partial charge in [0.1, 0.15) is 6.04 Å². The van der Waals surface area contributed by atoms with E-state index in [9.17, 15) is 18.3 Å². The third kappa shape index (κ3) is 2.94. The van der Waals surface area contributed by atoms with Gasteiger partial charge in [-0.05, 0) is 30.1 Å². The van der Waals surface area contributed by atoms with Gasteiger partial charge in [0.15, 0.2) is 0 Å². The van der Waals surface area contributed by atoms with E-state index in [4.69, 9.17) is 0 Å². The third-order valence-corrected chi connectivity index (χ3v) is 6.40. The van der Waals surface area contributed by atoms with E-state index in [2.05, 4.69) is 0 Å². The number of nitrogens with zero attached hydrogens (tertiary/aromatic N) is 1. The van der Waals surface area contributed by atoms with Crippen molar-refractivity contribution in [2.45, 2.75) is 46.1 Å². The van der Waals surface area contributed by atoms with Crippen LogP contribution in [0.15, 0.2) is 0 Å². The van der Waals surface area contributed by atoms with Crippen LogP contribution >= 0.6 is 0 Å². The standard InChI is InChI=1S/C13H23NO4S/c1-13(2,3)8-19(17,18)14-7-9-5-4-6-10(9)11(14)12(15)16/h9-11H,4-8H2,1-3H3,(H,15,16). The van der Waals surface area contributed by atoms with Gasteiger partial charge in [-0.15, -0.1) is 0 Å². The molecule has 1 saturated carbocycles. The maximum atomic E-state index is 12.5. The smallest absolute Gasteiger partial charge is 0.322 e. The summed E-state index contributed by atoms with van der Waals surface area (Å²) < 4.78 is 26.2. The Balaban J connectivity index is 2.26. The van der Waals surface area contributed by atoms with Gasteiger partial charge in [-0.2, -0.15) is 4.31 Å². The molecule has 2 fully saturated rings. The topological polar surface area (TPSA) is 74.7 Å². The lowest BCUT2D eigenvalue weighted by molar-refractivity contribution is -0.142. The molecule has 110 valence electrons. The average Bonchev–Trinajstić information content (AvgIpc) is 2.69. The molecule has 1 N–H and O–H groups in total. The van der Waals surface area contributed by atoms with Crippen molar-refractivity contribution in [3.8, 4) is 0 Å². The molecule has 1 aliphatic carbocycles. The molecule has 1 saturated heterocycles. The van der Waals surface area contributed by atoms with Crippen LogP contribution in [0.3, 0.4) is 0 Å². The second kappa shape index (κ2) is 4.74. The van der Waals surface area contributed by atoms with Gasteiger partial charge in [-0.3, -0.25) is 4.79 Å². The van der Waals surface area contributed by atoms with Crippen molar-refractivity contribution < 1.29 is 18.3 Å². The lowest BCUT2D eigenvalue weighted by Crippen LogP contribution is -2.45. The molecule has 1 aliphatic heterocycles. The van der Waals surface area contributed by atoms with Crippen molar-refractivity contribution in [2.75, 3.05) is 12.3 Å². The van der Waals surface area contributed by atoms with Crippen molar-refractivity contribution in [1.29, 1.82) is 0 Å². The van der Waals surface area contributed by atoms with Crippen LogP contribution < -0.4 is 0 Å². The molecule has 0 amide bonds. The first kappa shape index (κ1) is 14.8. The summed E-state index contributed by atoms with van der Waals surface area (Å²) in [6.07, 6.45) is 2.81. The van der Waals surface area contributed by atoms with E-state index in [1.54, 1.807) is 0 Å². The van der Waals surface area contributed by atoms with Crippen LogP contribution in [-0.4, -0.2) is 42.1 Å². The Kier molecular flexibility index (Phi) is 3.68. The molecule has 1 heterocycles. The van der Waals surface area contributed by atoms with Crippen LogP contribution in [0.4, 0.5) is 0 Å². The number of hydrogen-bond acceptors (Lipinski definition) is 3. The van der Waals surface area contributed by atoms with Gasteiger partial charge in [0, 0.05) is 6.54 Å². The molecular weight excluding hydrogens is 266 g/mol. The molecule has 3 unspecified atom stereocenters. The number of carbonyl (C=O) groups is 1. The lowest BCUT2D eigenvalue weighted by atomic mass is 9.94. The van der Waals surface area contributed by atoms with Gasteiger partial charge in [0.2, 0.25) is 10.0 Å². The van der Waals surface area contributed by atoms with E-state index in [-0.39, 0.29) is 23.0 Å². The van der Waals surface area contributed by atoms with Crippen LogP contribution in [0.5, 0.6) is 0 Å². The summed E-state index contributed by atoms with van der Waals surface area (Å²) in [7, 11) is -3.50. The number of fused-ring (bicyclic) bond motifs is 1. The van der Waals surface area contributed by atoms with Gasteiger partial charge in [-0.25, -0.2) is 8.42 Å². The van der Waals surface area contributed by atoms with Gasteiger partial charge in [-0.1, -0.05) is 27.2 Å². The third-order valence-electron chi connectivity index (χ3n) is 4.07. The summed E-state index contributed by atoms with van der Waals surface area (Å²) in [5.41, 5.74) is -0.362. The van der Waals surface area contributed by atoms with Gasteiger partial charge in [0.25, 0.3) is 0 Å². The fourth-order valence-corrected chi connectivity index (χ4v) is 5.76. The van der Waals surface area contributed by atoms with Crippen molar-refractivity contribution in [3.05, 3.63) is 0 Å². The molecule has 0 aromatic carbocycles. The number of carboxylic acid groups (broad SMARTS) is 1. The van der Waals surface area contributed by atoms with Gasteiger partial charge < -0.3 is 5.11 Å². The van der Waals surface area contributed by atoms with E-state index in [0.29, 0.717) is 6.54 Å². The highest BCUT2D eigenvalue weighted by atomic mass is 32.2. The number of rotatable bonds is 3. The molecule has 3 atom stereocenters. The Bertz CT molecular complexity index is 466. The fourth-order valence-electron chi connectivity index (χ4n) is 3.49. The predicted octanol–water partition coefficient (Wildman–Crippen LogP) is 1.55. The Morgan fingerprint density at radius 2 is 1.95 bits per heavy atom. The Labute approximate surface area is 115 Å². The Hall–Kier alpha value is -0.620. The molecule has 0 aromatic rings. The first-order valence-electron chi connectivity index (χ1n) is 6.84. The first-order valence-corrected chi connectivity index (χ1v) is 8.45. The second-order valence-electron chi connectivity index (χ2n) is 7.02. The lowest BCUT2D eigenvalue weighted by Gasteiger charge is -2.27. The summed E-state index contributed by atoms with van der Waals surface area (Å²) in [6, 6.07) is -0.847. The van der Waals surface area contributed by atoms with Gasteiger partial charge >= 0.3 is 5.97 Å². The SMILES string of the molecule is CC(C)(C)CS(=O)(=O)N1CC2CCCC2C1C(=O)O. The zero-order valence-electron chi connectivity index (χ0n) is 11.8. The highest BCUT2D eigenvalue weighted by Crippen LogP contribution is 2.43. The zero-order valence-corrected chi connectivity index (χ0v) is 12.6. The zero-order chi connectivity index (χ0) is 14.4. The van der Waals surface area contributed by atoms with Crippen LogP contribution in [0, 0.1) is 17.3 Å². The van der Waals surface area contributed by atoms with Crippen LogP contribution in [0.2, 0.25) is 0 Å². The monoisotopic (exact) mass is 289 g/mol. The van der Waals surface area contributed by atoms with Crippen molar-refractivity contribution >= 4 is 16.0 Å². The van der Waals surface area contributed by atoms with Gasteiger partial charge in [0.05, 0.1) is 5.75 Å². The molecule has 2 rings (SSSR count). The van der Waals surface area contributed by atoms with Crippen molar-refractivity contribution in [2.24, 2.45) is 17.3 Å². The van der Waals surface area contributed by atoms with E-state index < -0.39 is 22.0 Å². The minimum atomic E-state index is -3.50. The van der Waals surface area contributed by atoms with Crippen LogP contribution in [0.1, 0.15) is 40.0 Å². The number of hydrogen-bond donors (Lipinski definition) is 1. The minimum absolute atomic E-state index is 0.00319. The summed E-state index contributed by atoms with van der Waals surface area (Å²) in [4.78, 5) is 11.5. The quantitative estimate of drug-likeness (QED) is 0.855. The maximum Gasteiger partial charge on any atom is 0.322 e. The highest BCUT2D eigenvalue weighted by Gasteiger charge is 2.52. The maximum absolute atomic E-state index is 12.5. The van der Waals surface area contributed by atoms with Crippen molar-refractivity contribution in [1.82, 2.24) is 4.31 Å². The molecule has 6 heteroatoms. The first-order chi connectivity index (χ1) is 8.62. The summed E-state index contributed by atoms with van der Waals surface area (Å²) in [6.45, 7) is 5.96. The molecule has 0 spiro atoms. The molecule has 5 nitrogen and oxygen atoms in total. The molecule has 0 aromatic heterocycles. The minimum Gasteiger partial charge on any atom is -0.480 e. The fraction of sp³-hybridized carbons (Fsp3) is 0.923. The normalized spacial score (nSPS) is 32.5. The number of sulfonamides is 1. The Morgan fingerprint density at radius 3 is 2.47 bits per heavy atom. The van der Waals surface area contributed by atoms with E-state index in [1.807, 2.05) is 20.8 Å². The van der Waals surface area contributed by atoms with Crippen LogP contribution in [0.25, 0.3) is 0 Å². The van der Waals surface area contributed by atoms with Crippen LogP contribution in [-0.2, 0) is 14.8 Å². The molecular formula is C13H23NO4S. The van der Waals surface area contributed by atoms with E-state index >= 15 is 0 Å². The highest BCUT2D eigenvalue weighted by molar-refractivity contribution is 7.89.